The van der Waals surface area contributed by atoms with E-state index in [1.165, 1.54) is 148 Å². The Kier molecular flexibility index (Phi) is 27.1. The molecule has 0 aliphatic carbocycles. The lowest BCUT2D eigenvalue weighted by Crippen LogP contribution is -2.35. The van der Waals surface area contributed by atoms with Gasteiger partial charge in [0, 0.05) is 6.42 Å². The molecule has 0 spiro atoms. The van der Waals surface area contributed by atoms with E-state index in [9.17, 15) is 4.79 Å². The lowest BCUT2D eigenvalue weighted by molar-refractivity contribution is -0.163. The highest BCUT2D eigenvalue weighted by Gasteiger charge is 2.32. The van der Waals surface area contributed by atoms with Crippen LogP contribution in [0.1, 0.15) is 207 Å². The number of carbonyl (C=O) groups is 1. The molecule has 0 amide bonds. The van der Waals surface area contributed by atoms with Crippen molar-refractivity contribution in [2.45, 2.75) is 213 Å². The summed E-state index contributed by atoms with van der Waals surface area (Å²) in [7, 11) is 0. The quantitative estimate of drug-likeness (QED) is 0.0741. The van der Waals surface area contributed by atoms with Crippen molar-refractivity contribution in [1.29, 1.82) is 0 Å². The van der Waals surface area contributed by atoms with Crippen LogP contribution < -0.4 is 0 Å². The van der Waals surface area contributed by atoms with Crippen molar-refractivity contribution in [2.24, 2.45) is 0 Å². The second-order valence-corrected chi connectivity index (χ2v) is 11.7. The van der Waals surface area contributed by atoms with Gasteiger partial charge in [0.15, 0.2) is 0 Å². The predicted octanol–water partition coefficient (Wildman–Crippen LogP) is 12.3. The largest absolute Gasteiger partial charge is 0.459 e. The van der Waals surface area contributed by atoms with Gasteiger partial charge < -0.3 is 4.74 Å². The highest BCUT2D eigenvalue weighted by Crippen LogP contribution is 2.33. The Morgan fingerprint density at radius 1 is 0.417 bits per heavy atom. The van der Waals surface area contributed by atoms with Gasteiger partial charge in [-0.25, -0.2) is 0 Å². The van der Waals surface area contributed by atoms with Crippen molar-refractivity contribution in [3.8, 4) is 0 Å². The predicted molar refractivity (Wildman–Crippen MR) is 161 cm³/mol. The number of hydrogen-bond acceptors (Lipinski definition) is 2. The molecule has 0 bridgehead atoms. The number of ether oxygens (including phenoxy) is 1. The second-order valence-electron chi connectivity index (χ2n) is 11.7. The number of esters is 1. The van der Waals surface area contributed by atoms with E-state index >= 15 is 0 Å². The summed E-state index contributed by atoms with van der Waals surface area (Å²) in [5, 5.41) is 0. The molecule has 0 rings (SSSR count). The average molecular weight is 509 g/mol. The third-order valence-electron chi connectivity index (χ3n) is 8.02. The van der Waals surface area contributed by atoms with Gasteiger partial charge in [-0.1, -0.05) is 156 Å². The molecule has 2 heteroatoms. The maximum Gasteiger partial charge on any atom is 0.306 e. The first-order valence-electron chi connectivity index (χ1n) is 16.9. The molecule has 0 aliphatic heterocycles. The van der Waals surface area contributed by atoms with Gasteiger partial charge in [0.1, 0.15) is 5.60 Å². The molecular weight excluding hydrogens is 440 g/mol. The monoisotopic (exact) mass is 509 g/mol. The summed E-state index contributed by atoms with van der Waals surface area (Å²) in [6, 6.07) is 0. The van der Waals surface area contributed by atoms with Crippen LogP contribution in [-0.2, 0) is 9.53 Å². The second kappa shape index (κ2) is 27.5. The Morgan fingerprint density at radius 2 is 0.694 bits per heavy atom. The van der Waals surface area contributed by atoms with Crippen molar-refractivity contribution < 1.29 is 9.53 Å². The van der Waals surface area contributed by atoms with Crippen molar-refractivity contribution in [3.63, 3.8) is 0 Å². The summed E-state index contributed by atoms with van der Waals surface area (Å²) in [6.07, 6.45) is 34.9. The summed E-state index contributed by atoms with van der Waals surface area (Å²) in [4.78, 5) is 13.0. The molecule has 0 aromatic rings. The first-order chi connectivity index (χ1) is 17.6. The molecule has 0 radical (unpaired) electrons. The van der Waals surface area contributed by atoms with Gasteiger partial charge in [0.2, 0.25) is 0 Å². The molecule has 2 nitrogen and oxygen atoms in total. The summed E-state index contributed by atoms with van der Waals surface area (Å²) in [5.41, 5.74) is -0.193. The van der Waals surface area contributed by atoms with Crippen LogP contribution >= 0.6 is 0 Å². The SMILES string of the molecule is CCCCCCCCCCCC(=O)OC(CCCCCC)(CCCCCC)CCCCCCCCC. The summed E-state index contributed by atoms with van der Waals surface area (Å²) in [6.45, 7) is 9.12. The fourth-order valence-electron chi connectivity index (χ4n) is 5.55. The molecule has 0 unspecified atom stereocenters. The van der Waals surface area contributed by atoms with Crippen LogP contribution in [0.5, 0.6) is 0 Å². The smallest absolute Gasteiger partial charge is 0.306 e. The molecule has 0 atom stereocenters. The standard InChI is InChI=1S/C34H68O2/c1-5-9-13-17-19-20-21-23-25-29-33(35)36-34(30-26-15-11-7-3,31-27-16-12-8-4)32-28-24-22-18-14-10-6-2/h5-32H2,1-4H3. The van der Waals surface area contributed by atoms with Gasteiger partial charge >= 0.3 is 5.97 Å². The molecule has 0 saturated carbocycles. The maximum atomic E-state index is 13.0. The molecule has 0 saturated heterocycles. The number of carbonyl (C=O) groups excluding carboxylic acids is 1. The molecule has 0 N–H and O–H groups in total. The van der Waals surface area contributed by atoms with Crippen LogP contribution in [0, 0.1) is 0 Å². The van der Waals surface area contributed by atoms with Crippen molar-refractivity contribution >= 4 is 5.97 Å². The van der Waals surface area contributed by atoms with Gasteiger partial charge in [-0.05, 0) is 44.9 Å². The minimum absolute atomic E-state index is 0.0897. The number of unbranched alkanes of at least 4 members (excludes halogenated alkanes) is 20. The molecule has 0 aromatic carbocycles. The molecule has 216 valence electrons. The van der Waals surface area contributed by atoms with Crippen LogP contribution in [0.3, 0.4) is 0 Å². The summed E-state index contributed by atoms with van der Waals surface area (Å²) < 4.78 is 6.48. The van der Waals surface area contributed by atoms with Gasteiger partial charge in [0.05, 0.1) is 0 Å². The normalized spacial score (nSPS) is 11.8. The van der Waals surface area contributed by atoms with E-state index in [2.05, 4.69) is 27.7 Å². The third-order valence-corrected chi connectivity index (χ3v) is 8.02. The molecule has 0 fully saturated rings. The zero-order valence-electron chi connectivity index (χ0n) is 25.6. The third kappa shape index (κ3) is 22.7. The molecule has 36 heavy (non-hydrogen) atoms. The van der Waals surface area contributed by atoms with Crippen molar-refractivity contribution in [1.82, 2.24) is 0 Å². The van der Waals surface area contributed by atoms with Gasteiger partial charge in [-0.3, -0.25) is 4.79 Å². The van der Waals surface area contributed by atoms with Crippen LogP contribution in [0.2, 0.25) is 0 Å². The number of rotatable bonds is 29. The zero-order valence-corrected chi connectivity index (χ0v) is 25.6. The number of hydrogen-bond donors (Lipinski definition) is 0. The fourth-order valence-corrected chi connectivity index (χ4v) is 5.55. The minimum Gasteiger partial charge on any atom is -0.459 e. The molecule has 0 aliphatic rings. The van der Waals surface area contributed by atoms with E-state index < -0.39 is 0 Å². The van der Waals surface area contributed by atoms with E-state index in [0.717, 1.165) is 25.7 Å². The van der Waals surface area contributed by atoms with Gasteiger partial charge in [0.25, 0.3) is 0 Å². The lowest BCUT2D eigenvalue weighted by Gasteiger charge is -2.34. The molecule has 0 aromatic heterocycles. The van der Waals surface area contributed by atoms with Crippen LogP contribution in [0.4, 0.5) is 0 Å². The van der Waals surface area contributed by atoms with Crippen molar-refractivity contribution in [3.05, 3.63) is 0 Å². The van der Waals surface area contributed by atoms with E-state index in [0.29, 0.717) is 6.42 Å². The first-order valence-corrected chi connectivity index (χ1v) is 16.9. The highest BCUT2D eigenvalue weighted by atomic mass is 16.6. The molecule has 0 heterocycles. The van der Waals surface area contributed by atoms with Crippen LogP contribution in [0.25, 0.3) is 0 Å². The van der Waals surface area contributed by atoms with Crippen LogP contribution in [0.15, 0.2) is 0 Å². The van der Waals surface area contributed by atoms with Crippen LogP contribution in [-0.4, -0.2) is 11.6 Å². The van der Waals surface area contributed by atoms with E-state index in [1.807, 2.05) is 0 Å². The maximum absolute atomic E-state index is 13.0. The first kappa shape index (κ1) is 35.5. The topological polar surface area (TPSA) is 26.3 Å². The Hall–Kier alpha value is -0.530. The highest BCUT2D eigenvalue weighted by molar-refractivity contribution is 5.69. The van der Waals surface area contributed by atoms with E-state index in [1.54, 1.807) is 0 Å². The Labute approximate surface area is 228 Å². The summed E-state index contributed by atoms with van der Waals surface area (Å²) >= 11 is 0. The zero-order chi connectivity index (χ0) is 26.6. The Morgan fingerprint density at radius 3 is 1.06 bits per heavy atom. The Bertz CT molecular complexity index is 432. The average Bonchev–Trinajstić information content (AvgIpc) is 2.87. The van der Waals surface area contributed by atoms with Gasteiger partial charge in [-0.15, -0.1) is 0 Å². The fraction of sp³-hybridized carbons (Fsp3) is 0.971. The van der Waals surface area contributed by atoms with E-state index in [4.69, 9.17) is 4.74 Å². The van der Waals surface area contributed by atoms with E-state index in [-0.39, 0.29) is 11.6 Å². The summed E-state index contributed by atoms with van der Waals surface area (Å²) in [5.74, 6) is 0.0897. The van der Waals surface area contributed by atoms with Crippen molar-refractivity contribution in [2.75, 3.05) is 0 Å². The Balaban J connectivity index is 4.70. The minimum atomic E-state index is -0.193. The van der Waals surface area contributed by atoms with Gasteiger partial charge in [-0.2, -0.15) is 0 Å². The molecular formula is C34H68O2. The lowest BCUT2D eigenvalue weighted by atomic mass is 9.84.